The Bertz CT molecular complexity index is 1010. The first-order valence-electron chi connectivity index (χ1n) is 8.97. The lowest BCUT2D eigenvalue weighted by molar-refractivity contribution is 0.0772. The van der Waals surface area contributed by atoms with E-state index in [0.29, 0.717) is 30.2 Å². The summed E-state index contributed by atoms with van der Waals surface area (Å²) in [5.41, 5.74) is 1.45. The smallest absolute Gasteiger partial charge is 0.254 e. The van der Waals surface area contributed by atoms with E-state index < -0.39 is 0 Å². The lowest BCUT2D eigenvalue weighted by Crippen LogP contribution is -2.30. The summed E-state index contributed by atoms with van der Waals surface area (Å²) < 4.78 is 16.9. The summed E-state index contributed by atoms with van der Waals surface area (Å²) in [6, 6.07) is 15.1. The summed E-state index contributed by atoms with van der Waals surface area (Å²) in [6.07, 6.45) is 2.51. The fourth-order valence-corrected chi connectivity index (χ4v) is 3.57. The van der Waals surface area contributed by atoms with Gasteiger partial charge in [0.2, 0.25) is 6.79 Å². The van der Waals surface area contributed by atoms with Gasteiger partial charge in [-0.25, -0.2) is 0 Å². The number of carbonyl (C=O) groups is 1. The number of hydrogen-bond acceptors (Lipinski definition) is 5. The molecule has 0 aliphatic carbocycles. The van der Waals surface area contributed by atoms with Gasteiger partial charge in [-0.15, -0.1) is 0 Å². The van der Waals surface area contributed by atoms with Crippen LogP contribution in [-0.2, 0) is 0 Å². The van der Waals surface area contributed by atoms with Crippen LogP contribution in [-0.4, -0.2) is 41.8 Å². The molecule has 3 heterocycles. The monoisotopic (exact) mass is 362 g/mol. The van der Waals surface area contributed by atoms with Gasteiger partial charge in [0.05, 0.1) is 6.54 Å². The number of pyridine rings is 1. The van der Waals surface area contributed by atoms with E-state index in [-0.39, 0.29) is 18.8 Å². The predicted molar refractivity (Wildman–Crippen MR) is 99.2 cm³/mol. The first-order valence-corrected chi connectivity index (χ1v) is 8.97. The van der Waals surface area contributed by atoms with Crippen LogP contribution >= 0.6 is 0 Å². The Morgan fingerprint density at radius 1 is 1.11 bits per heavy atom. The summed E-state index contributed by atoms with van der Waals surface area (Å²) in [6.45, 7) is 1.41. The number of benzene rings is 2. The van der Waals surface area contributed by atoms with E-state index in [9.17, 15) is 4.79 Å². The highest BCUT2D eigenvalue weighted by Crippen LogP contribution is 2.33. The molecule has 27 heavy (non-hydrogen) atoms. The zero-order valence-electron chi connectivity index (χ0n) is 14.6. The molecule has 0 radical (unpaired) electrons. The molecule has 3 aromatic rings. The quantitative estimate of drug-likeness (QED) is 0.716. The van der Waals surface area contributed by atoms with Crippen LogP contribution in [0.3, 0.4) is 0 Å². The molecule has 0 saturated carbocycles. The molecule has 0 bridgehead atoms. The third-order valence-corrected chi connectivity index (χ3v) is 4.94. The van der Waals surface area contributed by atoms with Crippen molar-refractivity contribution in [1.29, 1.82) is 0 Å². The molecule has 136 valence electrons. The molecule has 1 unspecified atom stereocenters. The fourth-order valence-electron chi connectivity index (χ4n) is 3.57. The maximum atomic E-state index is 12.8. The Balaban J connectivity index is 1.30. The van der Waals surface area contributed by atoms with Crippen LogP contribution in [0.1, 0.15) is 16.8 Å². The molecule has 1 aromatic heterocycles. The highest BCUT2D eigenvalue weighted by Gasteiger charge is 2.29. The average Bonchev–Trinajstić information content (AvgIpc) is 3.36. The van der Waals surface area contributed by atoms with Crippen LogP contribution in [0.5, 0.6) is 17.2 Å². The molecule has 1 atom stereocenters. The Hall–Kier alpha value is -3.28. The molecule has 1 fully saturated rings. The summed E-state index contributed by atoms with van der Waals surface area (Å²) in [5, 5.41) is 1.04. The number of para-hydroxylation sites is 1. The number of aromatic nitrogens is 1. The number of carbonyl (C=O) groups excluding carboxylic acids is 1. The molecular weight excluding hydrogens is 344 g/mol. The van der Waals surface area contributed by atoms with Crippen molar-refractivity contribution in [3.63, 3.8) is 0 Å². The molecule has 2 aliphatic heterocycles. The number of rotatable bonds is 3. The zero-order chi connectivity index (χ0) is 18.2. The van der Waals surface area contributed by atoms with Gasteiger partial charge in [0.25, 0.3) is 5.91 Å². The molecular formula is C21H18N2O4. The van der Waals surface area contributed by atoms with E-state index in [1.165, 1.54) is 0 Å². The number of nitrogens with zero attached hydrogens (tertiary/aromatic N) is 2. The standard InChI is InChI=1S/C21H18N2O4/c24-21(15-6-7-17-19(11-15)26-13-25-17)23-10-8-16(12-23)27-18-5-1-3-14-4-2-9-22-20(14)18/h1-7,9,11,16H,8,10,12-13H2. The van der Waals surface area contributed by atoms with Crippen molar-refractivity contribution < 1.29 is 19.0 Å². The summed E-state index contributed by atoms with van der Waals surface area (Å²) in [5.74, 6) is 2.04. The maximum absolute atomic E-state index is 12.8. The molecule has 2 aromatic carbocycles. The van der Waals surface area contributed by atoms with Crippen LogP contribution in [0.4, 0.5) is 0 Å². The summed E-state index contributed by atoms with van der Waals surface area (Å²) in [4.78, 5) is 19.1. The van der Waals surface area contributed by atoms with Crippen LogP contribution in [0, 0.1) is 0 Å². The SMILES string of the molecule is O=C(c1ccc2c(c1)OCO2)N1CCC(Oc2cccc3cccnc23)C1. The second-order valence-corrected chi connectivity index (χ2v) is 6.68. The van der Waals surface area contributed by atoms with Crippen LogP contribution in [0.25, 0.3) is 10.9 Å². The number of fused-ring (bicyclic) bond motifs is 2. The van der Waals surface area contributed by atoms with Gasteiger partial charge in [-0.2, -0.15) is 0 Å². The lowest BCUT2D eigenvalue weighted by atomic mass is 10.2. The molecule has 0 spiro atoms. The van der Waals surface area contributed by atoms with Crippen LogP contribution < -0.4 is 14.2 Å². The molecule has 1 amide bonds. The highest BCUT2D eigenvalue weighted by molar-refractivity contribution is 5.95. The third-order valence-electron chi connectivity index (χ3n) is 4.94. The van der Waals surface area contributed by atoms with Crippen molar-refractivity contribution in [3.05, 3.63) is 60.3 Å². The molecule has 2 aliphatic rings. The second-order valence-electron chi connectivity index (χ2n) is 6.68. The van der Waals surface area contributed by atoms with E-state index >= 15 is 0 Å². The molecule has 5 rings (SSSR count). The first-order chi connectivity index (χ1) is 13.3. The van der Waals surface area contributed by atoms with Crippen molar-refractivity contribution in [1.82, 2.24) is 9.88 Å². The number of amides is 1. The van der Waals surface area contributed by atoms with Crippen molar-refractivity contribution in [2.75, 3.05) is 19.9 Å². The van der Waals surface area contributed by atoms with Crippen LogP contribution in [0.15, 0.2) is 54.7 Å². The van der Waals surface area contributed by atoms with Crippen molar-refractivity contribution >= 4 is 16.8 Å². The van der Waals surface area contributed by atoms with Gasteiger partial charge < -0.3 is 19.1 Å². The zero-order valence-corrected chi connectivity index (χ0v) is 14.6. The number of likely N-dealkylation sites (tertiary alicyclic amines) is 1. The topological polar surface area (TPSA) is 60.9 Å². The molecule has 6 heteroatoms. The van der Waals surface area contributed by atoms with Gasteiger partial charge in [-0.3, -0.25) is 9.78 Å². The predicted octanol–water partition coefficient (Wildman–Crippen LogP) is 3.26. The van der Waals surface area contributed by atoms with Crippen LogP contribution in [0.2, 0.25) is 0 Å². The summed E-state index contributed by atoms with van der Waals surface area (Å²) >= 11 is 0. The van der Waals surface area contributed by atoms with Gasteiger partial charge >= 0.3 is 0 Å². The minimum absolute atomic E-state index is 0.0181. The van der Waals surface area contributed by atoms with Gasteiger partial charge in [0, 0.05) is 30.1 Å². The Morgan fingerprint density at radius 3 is 2.96 bits per heavy atom. The fraction of sp³-hybridized carbons (Fsp3) is 0.238. The average molecular weight is 362 g/mol. The molecule has 1 saturated heterocycles. The Kier molecular flexibility index (Phi) is 3.81. The van der Waals surface area contributed by atoms with Crippen molar-refractivity contribution in [2.24, 2.45) is 0 Å². The largest absolute Gasteiger partial charge is 0.486 e. The van der Waals surface area contributed by atoms with Gasteiger partial charge in [0.1, 0.15) is 17.4 Å². The molecule has 6 nitrogen and oxygen atoms in total. The Labute approximate surface area is 156 Å². The van der Waals surface area contributed by atoms with Crippen molar-refractivity contribution in [2.45, 2.75) is 12.5 Å². The third kappa shape index (κ3) is 2.93. The first kappa shape index (κ1) is 15.9. The van der Waals surface area contributed by atoms with Gasteiger partial charge in [-0.05, 0) is 30.3 Å². The van der Waals surface area contributed by atoms with E-state index in [0.717, 1.165) is 23.1 Å². The van der Waals surface area contributed by atoms with E-state index in [1.54, 1.807) is 24.4 Å². The minimum Gasteiger partial charge on any atom is -0.486 e. The van der Waals surface area contributed by atoms with Gasteiger partial charge in [-0.1, -0.05) is 18.2 Å². The Morgan fingerprint density at radius 2 is 2.00 bits per heavy atom. The number of ether oxygens (including phenoxy) is 3. The van der Waals surface area contributed by atoms with E-state index in [1.807, 2.05) is 35.2 Å². The molecule has 0 N–H and O–H groups in total. The van der Waals surface area contributed by atoms with Gasteiger partial charge in [0.15, 0.2) is 11.5 Å². The lowest BCUT2D eigenvalue weighted by Gasteiger charge is -2.18. The second kappa shape index (κ2) is 6.46. The minimum atomic E-state index is -0.0458. The number of hydrogen-bond donors (Lipinski definition) is 0. The summed E-state index contributed by atoms with van der Waals surface area (Å²) in [7, 11) is 0. The highest BCUT2D eigenvalue weighted by atomic mass is 16.7. The van der Waals surface area contributed by atoms with E-state index in [4.69, 9.17) is 14.2 Å². The maximum Gasteiger partial charge on any atom is 0.254 e. The normalized spacial score (nSPS) is 18.1. The van der Waals surface area contributed by atoms with E-state index in [2.05, 4.69) is 4.98 Å². The van der Waals surface area contributed by atoms with Crippen molar-refractivity contribution in [3.8, 4) is 17.2 Å².